The van der Waals surface area contributed by atoms with Crippen molar-refractivity contribution in [2.45, 2.75) is 12.8 Å². The van der Waals surface area contributed by atoms with E-state index < -0.39 is 25.2 Å². The Morgan fingerprint density at radius 2 is 2.00 bits per heavy atom. The van der Waals surface area contributed by atoms with Gasteiger partial charge in [0.2, 0.25) is 0 Å². The molecule has 0 fully saturated rings. The van der Waals surface area contributed by atoms with Crippen LogP contribution in [-0.2, 0) is 11.3 Å². The van der Waals surface area contributed by atoms with Gasteiger partial charge in [0.25, 0.3) is 0 Å². The van der Waals surface area contributed by atoms with Gasteiger partial charge < -0.3 is 4.74 Å². The summed E-state index contributed by atoms with van der Waals surface area (Å²) in [5, 5.41) is 8.44. The Bertz CT molecular complexity index is 408. The number of hydrogen-bond donors (Lipinski definition) is 0. The maximum absolute atomic E-state index is 13.1. The summed E-state index contributed by atoms with van der Waals surface area (Å²) in [6.07, 6.45) is -4.43. The molecule has 2 nitrogen and oxygen atoms in total. The molecule has 0 saturated carbocycles. The smallest absolute Gasteiger partial charge is 0.367 e. The molecular weight excluding hydrogens is 226 g/mol. The lowest BCUT2D eigenvalue weighted by molar-refractivity contribution is -0.176. The van der Waals surface area contributed by atoms with E-state index in [1.165, 1.54) is 12.1 Å². The number of nitrogens with zero attached hydrogens (tertiary/aromatic N) is 1. The number of nitriles is 1. The highest BCUT2D eigenvalue weighted by atomic mass is 19.4. The maximum Gasteiger partial charge on any atom is 0.411 e. The van der Waals surface area contributed by atoms with Crippen LogP contribution in [0.1, 0.15) is 11.1 Å². The Balaban J connectivity index is 2.59. The van der Waals surface area contributed by atoms with Crippen LogP contribution in [0.4, 0.5) is 17.6 Å². The molecule has 86 valence electrons. The van der Waals surface area contributed by atoms with Crippen LogP contribution < -0.4 is 0 Å². The van der Waals surface area contributed by atoms with Crippen LogP contribution in [0.5, 0.6) is 0 Å². The third-order valence-corrected chi connectivity index (χ3v) is 1.71. The average molecular weight is 233 g/mol. The van der Waals surface area contributed by atoms with Crippen molar-refractivity contribution < 1.29 is 22.3 Å². The maximum atomic E-state index is 13.1. The molecule has 0 atom stereocenters. The fraction of sp³-hybridized carbons (Fsp3) is 0.300. The highest BCUT2D eigenvalue weighted by Crippen LogP contribution is 2.17. The van der Waals surface area contributed by atoms with Crippen molar-refractivity contribution in [3.8, 4) is 6.07 Å². The van der Waals surface area contributed by atoms with Gasteiger partial charge in [-0.1, -0.05) is 6.07 Å². The zero-order chi connectivity index (χ0) is 12.2. The van der Waals surface area contributed by atoms with Gasteiger partial charge in [-0.25, -0.2) is 4.39 Å². The topological polar surface area (TPSA) is 33.0 Å². The van der Waals surface area contributed by atoms with Gasteiger partial charge in [0.15, 0.2) is 0 Å². The fourth-order valence-corrected chi connectivity index (χ4v) is 1.01. The van der Waals surface area contributed by atoms with Crippen molar-refractivity contribution in [3.63, 3.8) is 0 Å². The van der Waals surface area contributed by atoms with Gasteiger partial charge in [-0.3, -0.25) is 0 Å². The van der Waals surface area contributed by atoms with Gasteiger partial charge in [-0.05, 0) is 12.1 Å². The predicted molar refractivity (Wildman–Crippen MR) is 46.8 cm³/mol. The highest BCUT2D eigenvalue weighted by Gasteiger charge is 2.27. The Hall–Kier alpha value is -1.61. The molecule has 0 aromatic heterocycles. The van der Waals surface area contributed by atoms with E-state index in [1.54, 1.807) is 6.07 Å². The van der Waals surface area contributed by atoms with Gasteiger partial charge in [-0.15, -0.1) is 0 Å². The Morgan fingerprint density at radius 3 is 2.50 bits per heavy atom. The summed E-state index contributed by atoms with van der Waals surface area (Å²) < 4.78 is 52.6. The number of benzene rings is 1. The van der Waals surface area contributed by atoms with Crippen molar-refractivity contribution in [2.24, 2.45) is 0 Å². The van der Waals surface area contributed by atoms with Gasteiger partial charge in [-0.2, -0.15) is 18.4 Å². The van der Waals surface area contributed by atoms with Gasteiger partial charge >= 0.3 is 6.18 Å². The van der Waals surface area contributed by atoms with Gasteiger partial charge in [0.1, 0.15) is 12.4 Å². The van der Waals surface area contributed by atoms with Crippen LogP contribution >= 0.6 is 0 Å². The largest absolute Gasteiger partial charge is 0.411 e. The van der Waals surface area contributed by atoms with E-state index >= 15 is 0 Å². The quantitative estimate of drug-likeness (QED) is 0.752. The van der Waals surface area contributed by atoms with E-state index in [0.717, 1.165) is 6.07 Å². The summed E-state index contributed by atoms with van der Waals surface area (Å²) in [4.78, 5) is 0. The van der Waals surface area contributed by atoms with E-state index in [9.17, 15) is 17.6 Å². The van der Waals surface area contributed by atoms with Gasteiger partial charge in [0.05, 0.1) is 18.2 Å². The zero-order valence-corrected chi connectivity index (χ0v) is 8.01. The molecule has 16 heavy (non-hydrogen) atoms. The van der Waals surface area contributed by atoms with E-state index in [-0.39, 0.29) is 11.1 Å². The van der Waals surface area contributed by atoms with Crippen LogP contribution in [0, 0.1) is 17.1 Å². The van der Waals surface area contributed by atoms with E-state index in [2.05, 4.69) is 4.74 Å². The molecule has 1 aromatic carbocycles. The summed E-state index contributed by atoms with van der Waals surface area (Å²) in [5.74, 6) is -0.749. The molecule has 0 heterocycles. The molecule has 0 spiro atoms. The number of ether oxygens (including phenoxy) is 1. The third kappa shape index (κ3) is 3.87. The first-order chi connectivity index (χ1) is 7.42. The molecule has 0 aliphatic carbocycles. The minimum Gasteiger partial charge on any atom is -0.367 e. The Kier molecular flexibility index (Phi) is 3.85. The lowest BCUT2D eigenvalue weighted by Gasteiger charge is -2.08. The normalized spacial score (nSPS) is 11.2. The third-order valence-electron chi connectivity index (χ3n) is 1.71. The molecule has 1 aromatic rings. The molecule has 0 radical (unpaired) electrons. The summed E-state index contributed by atoms with van der Waals surface area (Å²) >= 11 is 0. The van der Waals surface area contributed by atoms with Crippen molar-refractivity contribution in [1.29, 1.82) is 5.26 Å². The van der Waals surface area contributed by atoms with Crippen LogP contribution in [-0.4, -0.2) is 12.8 Å². The molecule has 6 heteroatoms. The first kappa shape index (κ1) is 12.5. The molecule has 0 saturated heterocycles. The molecule has 0 amide bonds. The van der Waals surface area contributed by atoms with Crippen LogP contribution in [0.25, 0.3) is 0 Å². The SMILES string of the molecule is N#Cc1ccc(COCC(F)(F)F)c(F)c1. The highest BCUT2D eigenvalue weighted by molar-refractivity contribution is 5.32. The van der Waals surface area contributed by atoms with Crippen LogP contribution in [0.3, 0.4) is 0 Å². The number of rotatable bonds is 3. The first-order valence-electron chi connectivity index (χ1n) is 4.25. The predicted octanol–water partition coefficient (Wildman–Crippen LogP) is 2.78. The lowest BCUT2D eigenvalue weighted by atomic mass is 10.1. The van der Waals surface area contributed by atoms with Crippen molar-refractivity contribution in [3.05, 3.63) is 35.1 Å². The van der Waals surface area contributed by atoms with Crippen molar-refractivity contribution >= 4 is 0 Å². The minimum absolute atomic E-state index is 0.0109. The van der Waals surface area contributed by atoms with E-state index in [0.29, 0.717) is 0 Å². The van der Waals surface area contributed by atoms with Gasteiger partial charge in [0, 0.05) is 5.56 Å². The molecule has 0 aliphatic rings. The standard InChI is InChI=1S/C10H7F4NO/c11-9-3-7(4-15)1-2-8(9)5-16-6-10(12,13)14/h1-3H,5-6H2. The second-order valence-corrected chi connectivity index (χ2v) is 3.03. The first-order valence-corrected chi connectivity index (χ1v) is 4.25. The molecule has 0 unspecified atom stereocenters. The Labute approximate surface area is 89.1 Å². The molecule has 1 rings (SSSR count). The lowest BCUT2D eigenvalue weighted by Crippen LogP contribution is -2.16. The fourth-order valence-electron chi connectivity index (χ4n) is 1.01. The van der Waals surface area contributed by atoms with Crippen LogP contribution in [0.2, 0.25) is 0 Å². The molecule has 0 bridgehead atoms. The molecule has 0 N–H and O–H groups in total. The van der Waals surface area contributed by atoms with E-state index in [4.69, 9.17) is 5.26 Å². The summed E-state index contributed by atoms with van der Waals surface area (Å²) in [6.45, 7) is -1.90. The number of alkyl halides is 3. The summed E-state index contributed by atoms with van der Waals surface area (Å²) in [6, 6.07) is 5.21. The summed E-state index contributed by atoms with van der Waals surface area (Å²) in [7, 11) is 0. The number of hydrogen-bond acceptors (Lipinski definition) is 2. The second kappa shape index (κ2) is 4.94. The van der Waals surface area contributed by atoms with Crippen LogP contribution in [0.15, 0.2) is 18.2 Å². The zero-order valence-electron chi connectivity index (χ0n) is 8.01. The second-order valence-electron chi connectivity index (χ2n) is 3.03. The number of halogens is 4. The van der Waals surface area contributed by atoms with E-state index in [1.807, 2.05) is 0 Å². The summed E-state index contributed by atoms with van der Waals surface area (Å²) in [5.41, 5.74) is 0.0975. The van der Waals surface area contributed by atoms with Crippen molar-refractivity contribution in [2.75, 3.05) is 6.61 Å². The minimum atomic E-state index is -4.43. The average Bonchev–Trinajstić information content (AvgIpc) is 2.18. The van der Waals surface area contributed by atoms with Crippen molar-refractivity contribution in [1.82, 2.24) is 0 Å². The monoisotopic (exact) mass is 233 g/mol. The molecule has 0 aliphatic heterocycles. The molecular formula is C10H7F4NO. The Morgan fingerprint density at radius 1 is 1.31 bits per heavy atom.